The first kappa shape index (κ1) is 12.8. The lowest BCUT2D eigenvalue weighted by atomic mass is 10.0. The van der Waals surface area contributed by atoms with Gasteiger partial charge in [0, 0.05) is 25.2 Å². The first-order chi connectivity index (χ1) is 8.37. The third-order valence-electron chi connectivity index (χ3n) is 2.70. The van der Waals surface area contributed by atoms with E-state index in [0.29, 0.717) is 6.54 Å². The fraction of sp³-hybridized carbons (Fsp3) is 0.538. The van der Waals surface area contributed by atoms with Crippen molar-refractivity contribution in [1.29, 1.82) is 0 Å². The minimum Gasteiger partial charge on any atom is -0.456 e. The first-order valence-electron chi connectivity index (χ1n) is 6.06. The molecular formula is C13H18N2O3. The summed E-state index contributed by atoms with van der Waals surface area (Å²) < 4.78 is 5.22. The van der Waals surface area contributed by atoms with Crippen molar-refractivity contribution < 1.29 is 9.53 Å². The van der Waals surface area contributed by atoms with Gasteiger partial charge in [0.05, 0.1) is 0 Å². The molecule has 0 unspecified atom stereocenters. The van der Waals surface area contributed by atoms with Crippen LogP contribution in [0.15, 0.2) is 10.9 Å². The number of hydrogen-bond donors (Lipinski definition) is 2. The highest BCUT2D eigenvalue weighted by Gasteiger charge is 2.22. The maximum atomic E-state index is 11.9. The molecule has 18 heavy (non-hydrogen) atoms. The first-order valence-corrected chi connectivity index (χ1v) is 6.06. The maximum absolute atomic E-state index is 11.9. The SMILES string of the molecule is CC(C)(C)OC(=O)c1cc2c([nH]c1=O)CCNC2. The summed E-state index contributed by atoms with van der Waals surface area (Å²) in [4.78, 5) is 26.5. The Balaban J connectivity index is 2.34. The number of H-pyrrole nitrogens is 1. The average molecular weight is 250 g/mol. The lowest BCUT2D eigenvalue weighted by Gasteiger charge is -2.20. The number of rotatable bonds is 1. The largest absolute Gasteiger partial charge is 0.456 e. The summed E-state index contributed by atoms with van der Waals surface area (Å²) in [6.45, 7) is 6.84. The molecule has 0 aromatic carbocycles. The number of aromatic amines is 1. The highest BCUT2D eigenvalue weighted by molar-refractivity contribution is 5.89. The molecule has 2 rings (SSSR count). The summed E-state index contributed by atoms with van der Waals surface area (Å²) in [5, 5.41) is 3.20. The number of hydrogen-bond acceptors (Lipinski definition) is 4. The van der Waals surface area contributed by atoms with Crippen molar-refractivity contribution >= 4 is 5.97 Å². The Labute approximate surface area is 106 Å². The molecule has 0 amide bonds. The minimum atomic E-state index is -0.600. The number of carbonyl (C=O) groups excluding carboxylic acids is 1. The fourth-order valence-corrected chi connectivity index (χ4v) is 1.91. The lowest BCUT2D eigenvalue weighted by Crippen LogP contribution is -2.32. The molecule has 5 heteroatoms. The quantitative estimate of drug-likeness (QED) is 0.729. The van der Waals surface area contributed by atoms with E-state index in [9.17, 15) is 9.59 Å². The smallest absolute Gasteiger partial charge is 0.344 e. The minimum absolute atomic E-state index is 0.0763. The van der Waals surface area contributed by atoms with Crippen molar-refractivity contribution in [3.05, 3.63) is 33.2 Å². The molecule has 1 aliphatic heterocycles. The zero-order chi connectivity index (χ0) is 13.3. The standard InChI is InChI=1S/C13H18N2O3/c1-13(2,3)18-12(17)9-6-8-7-14-5-4-10(8)15-11(9)16/h6,14H,4-5,7H2,1-3H3,(H,15,16). The van der Waals surface area contributed by atoms with E-state index in [1.807, 2.05) is 0 Å². The van der Waals surface area contributed by atoms with Crippen LogP contribution in [-0.4, -0.2) is 23.1 Å². The lowest BCUT2D eigenvalue weighted by molar-refractivity contribution is 0.00673. The predicted octanol–water partition coefficient (Wildman–Crippen LogP) is 0.976. The molecule has 0 fully saturated rings. The second-order valence-corrected chi connectivity index (χ2v) is 5.44. The number of pyridine rings is 1. The van der Waals surface area contributed by atoms with Gasteiger partial charge in [-0.2, -0.15) is 0 Å². The average Bonchev–Trinajstić information content (AvgIpc) is 2.25. The second-order valence-electron chi connectivity index (χ2n) is 5.44. The summed E-state index contributed by atoms with van der Waals surface area (Å²) in [5.41, 5.74) is 0.975. The molecule has 2 heterocycles. The van der Waals surface area contributed by atoms with Crippen LogP contribution in [0.5, 0.6) is 0 Å². The van der Waals surface area contributed by atoms with Crippen LogP contribution in [0.3, 0.4) is 0 Å². The molecule has 0 saturated carbocycles. The molecule has 0 spiro atoms. The summed E-state index contributed by atoms with van der Waals surface area (Å²) in [6, 6.07) is 1.63. The van der Waals surface area contributed by atoms with Gasteiger partial charge in [-0.05, 0) is 32.4 Å². The summed E-state index contributed by atoms with van der Waals surface area (Å²) in [5.74, 6) is -0.572. The zero-order valence-corrected chi connectivity index (χ0v) is 10.9. The topological polar surface area (TPSA) is 71.2 Å². The molecule has 0 saturated heterocycles. The Bertz CT molecular complexity index is 526. The van der Waals surface area contributed by atoms with E-state index in [1.54, 1.807) is 26.8 Å². The van der Waals surface area contributed by atoms with E-state index in [4.69, 9.17) is 4.74 Å². The van der Waals surface area contributed by atoms with Crippen LogP contribution in [-0.2, 0) is 17.7 Å². The van der Waals surface area contributed by atoms with Crippen molar-refractivity contribution in [2.45, 2.75) is 39.3 Å². The summed E-state index contributed by atoms with van der Waals surface area (Å²) in [7, 11) is 0. The normalized spacial score (nSPS) is 15.1. The van der Waals surface area contributed by atoms with Crippen molar-refractivity contribution in [1.82, 2.24) is 10.3 Å². The van der Waals surface area contributed by atoms with Gasteiger partial charge in [-0.1, -0.05) is 0 Å². The van der Waals surface area contributed by atoms with Gasteiger partial charge in [0.1, 0.15) is 11.2 Å². The van der Waals surface area contributed by atoms with Crippen LogP contribution in [0.25, 0.3) is 0 Å². The molecule has 0 aliphatic carbocycles. The van der Waals surface area contributed by atoms with E-state index >= 15 is 0 Å². The van der Waals surface area contributed by atoms with Gasteiger partial charge >= 0.3 is 5.97 Å². The molecule has 98 valence electrons. The fourth-order valence-electron chi connectivity index (χ4n) is 1.91. The molecular weight excluding hydrogens is 232 g/mol. The summed E-state index contributed by atoms with van der Waals surface area (Å²) in [6.07, 6.45) is 0.777. The molecule has 1 aliphatic rings. The van der Waals surface area contributed by atoms with Crippen LogP contribution in [0.1, 0.15) is 42.4 Å². The van der Waals surface area contributed by atoms with Gasteiger partial charge in [-0.3, -0.25) is 4.79 Å². The molecule has 0 atom stereocenters. The predicted molar refractivity (Wildman–Crippen MR) is 67.6 cm³/mol. The van der Waals surface area contributed by atoms with Crippen LogP contribution in [0, 0.1) is 0 Å². The van der Waals surface area contributed by atoms with Crippen LogP contribution in [0.4, 0.5) is 0 Å². The monoisotopic (exact) mass is 250 g/mol. The molecule has 1 aromatic rings. The van der Waals surface area contributed by atoms with E-state index in [1.165, 1.54) is 0 Å². The van der Waals surface area contributed by atoms with E-state index in [0.717, 1.165) is 24.2 Å². The van der Waals surface area contributed by atoms with Crippen molar-refractivity contribution in [2.75, 3.05) is 6.54 Å². The third kappa shape index (κ3) is 2.79. The van der Waals surface area contributed by atoms with Crippen LogP contribution < -0.4 is 10.9 Å². The van der Waals surface area contributed by atoms with Crippen molar-refractivity contribution in [3.63, 3.8) is 0 Å². The Morgan fingerprint density at radius 1 is 1.39 bits per heavy atom. The molecule has 5 nitrogen and oxygen atoms in total. The van der Waals surface area contributed by atoms with E-state index < -0.39 is 11.6 Å². The van der Waals surface area contributed by atoms with Gasteiger partial charge in [0.15, 0.2) is 0 Å². The Kier molecular flexibility index (Phi) is 3.26. The van der Waals surface area contributed by atoms with Gasteiger partial charge in [-0.25, -0.2) is 4.79 Å². The number of aromatic nitrogens is 1. The number of ether oxygens (including phenoxy) is 1. The number of fused-ring (bicyclic) bond motifs is 1. The highest BCUT2D eigenvalue weighted by Crippen LogP contribution is 2.14. The van der Waals surface area contributed by atoms with Crippen molar-refractivity contribution in [2.24, 2.45) is 0 Å². The van der Waals surface area contributed by atoms with Gasteiger partial charge in [-0.15, -0.1) is 0 Å². The Morgan fingerprint density at radius 2 is 2.11 bits per heavy atom. The number of esters is 1. The van der Waals surface area contributed by atoms with Crippen LogP contribution in [0.2, 0.25) is 0 Å². The Hall–Kier alpha value is -1.62. The van der Waals surface area contributed by atoms with Gasteiger partial charge < -0.3 is 15.0 Å². The molecule has 1 aromatic heterocycles. The summed E-state index contributed by atoms with van der Waals surface area (Å²) >= 11 is 0. The third-order valence-corrected chi connectivity index (χ3v) is 2.70. The molecule has 0 bridgehead atoms. The maximum Gasteiger partial charge on any atom is 0.344 e. The number of carbonyl (C=O) groups is 1. The second kappa shape index (κ2) is 4.57. The molecule has 2 N–H and O–H groups in total. The van der Waals surface area contributed by atoms with E-state index in [2.05, 4.69) is 10.3 Å². The zero-order valence-electron chi connectivity index (χ0n) is 10.9. The van der Waals surface area contributed by atoms with Crippen LogP contribution >= 0.6 is 0 Å². The van der Waals surface area contributed by atoms with Gasteiger partial charge in [0.2, 0.25) is 0 Å². The molecule has 0 radical (unpaired) electrons. The van der Waals surface area contributed by atoms with E-state index in [-0.39, 0.29) is 11.1 Å². The Morgan fingerprint density at radius 3 is 2.78 bits per heavy atom. The number of nitrogens with one attached hydrogen (secondary N) is 2. The van der Waals surface area contributed by atoms with Gasteiger partial charge in [0.25, 0.3) is 5.56 Å². The highest BCUT2D eigenvalue weighted by atomic mass is 16.6. The van der Waals surface area contributed by atoms with Crippen molar-refractivity contribution in [3.8, 4) is 0 Å².